The van der Waals surface area contributed by atoms with Crippen LogP contribution in [0.4, 0.5) is 13.2 Å². The van der Waals surface area contributed by atoms with Crippen LogP contribution in [0.3, 0.4) is 0 Å². The summed E-state index contributed by atoms with van der Waals surface area (Å²) < 4.78 is 46.2. The average Bonchev–Trinajstić information content (AvgIpc) is 2.67. The summed E-state index contributed by atoms with van der Waals surface area (Å²) in [7, 11) is 0. The monoisotopic (exact) mass is 423 g/mol. The molecule has 5 nitrogen and oxygen atoms in total. The molecule has 0 saturated carbocycles. The molecule has 0 bridgehead atoms. The lowest BCUT2D eigenvalue weighted by atomic mass is 10.0. The third-order valence-electron chi connectivity index (χ3n) is 4.00. The Labute approximate surface area is 173 Å². The quantitative estimate of drug-likeness (QED) is 0.600. The highest BCUT2D eigenvalue weighted by atomic mass is 19.4. The molecule has 1 atom stereocenters. The van der Waals surface area contributed by atoms with Crippen molar-refractivity contribution >= 4 is 11.9 Å². The maximum Gasteiger partial charge on any atom is 0.411 e. The zero-order valence-corrected chi connectivity index (χ0v) is 16.7. The van der Waals surface area contributed by atoms with E-state index in [1.165, 1.54) is 24.3 Å². The number of rotatable bonds is 9. The minimum Gasteiger partial charge on any atom is -0.463 e. The summed E-state index contributed by atoms with van der Waals surface area (Å²) in [5, 5.41) is 2.82. The van der Waals surface area contributed by atoms with Crippen LogP contribution in [0.2, 0.25) is 0 Å². The maximum atomic E-state index is 12.6. The summed E-state index contributed by atoms with van der Waals surface area (Å²) >= 11 is 0. The molecule has 0 radical (unpaired) electrons. The fraction of sp³-hybridized carbons (Fsp3) is 0.364. The van der Waals surface area contributed by atoms with Crippen LogP contribution in [0.15, 0.2) is 54.6 Å². The molecule has 1 amide bonds. The van der Waals surface area contributed by atoms with E-state index in [-0.39, 0.29) is 19.1 Å². The number of hydrogen-bond acceptors (Lipinski definition) is 4. The molecule has 8 heteroatoms. The van der Waals surface area contributed by atoms with E-state index in [0.29, 0.717) is 11.1 Å². The number of alkyl halides is 3. The van der Waals surface area contributed by atoms with Gasteiger partial charge in [0.15, 0.2) is 0 Å². The first-order valence-electron chi connectivity index (χ1n) is 9.43. The van der Waals surface area contributed by atoms with Crippen LogP contribution in [-0.2, 0) is 20.9 Å². The second-order valence-corrected chi connectivity index (χ2v) is 6.98. The number of hydrogen-bond donors (Lipinski definition) is 1. The third-order valence-corrected chi connectivity index (χ3v) is 4.00. The van der Waals surface area contributed by atoms with Crippen molar-refractivity contribution in [3.05, 3.63) is 71.3 Å². The molecule has 1 N–H and O–H groups in total. The number of carbonyl (C=O) groups excluding carboxylic acids is 2. The van der Waals surface area contributed by atoms with Crippen LogP contribution < -0.4 is 5.32 Å². The molecule has 0 fully saturated rings. The van der Waals surface area contributed by atoms with Crippen molar-refractivity contribution in [1.82, 2.24) is 5.32 Å². The molecule has 0 saturated heterocycles. The average molecular weight is 423 g/mol. The number of ether oxygens (including phenoxy) is 2. The first-order valence-corrected chi connectivity index (χ1v) is 9.43. The van der Waals surface area contributed by atoms with Crippen LogP contribution in [0.25, 0.3) is 0 Å². The van der Waals surface area contributed by atoms with Gasteiger partial charge in [0.1, 0.15) is 6.61 Å². The summed E-state index contributed by atoms with van der Waals surface area (Å²) in [4.78, 5) is 24.7. The molecule has 162 valence electrons. The predicted molar refractivity (Wildman–Crippen MR) is 105 cm³/mol. The number of nitrogens with one attached hydrogen (secondary N) is 1. The fourth-order valence-corrected chi connectivity index (χ4v) is 2.69. The highest BCUT2D eigenvalue weighted by Crippen LogP contribution is 2.19. The van der Waals surface area contributed by atoms with E-state index in [0.717, 1.165) is 5.56 Å². The highest BCUT2D eigenvalue weighted by Gasteiger charge is 2.27. The second kappa shape index (κ2) is 10.8. The van der Waals surface area contributed by atoms with Gasteiger partial charge in [-0.05, 0) is 37.1 Å². The number of esters is 1. The summed E-state index contributed by atoms with van der Waals surface area (Å²) in [5.74, 6) is -0.847. The van der Waals surface area contributed by atoms with Gasteiger partial charge in [-0.1, -0.05) is 42.5 Å². The normalized spacial score (nSPS) is 12.5. The van der Waals surface area contributed by atoms with Gasteiger partial charge in [-0.3, -0.25) is 9.59 Å². The van der Waals surface area contributed by atoms with Crippen molar-refractivity contribution in [1.29, 1.82) is 0 Å². The minimum absolute atomic E-state index is 0.0305. The second-order valence-electron chi connectivity index (χ2n) is 6.98. The van der Waals surface area contributed by atoms with Gasteiger partial charge in [0.2, 0.25) is 0 Å². The van der Waals surface area contributed by atoms with E-state index >= 15 is 0 Å². The maximum absolute atomic E-state index is 12.6. The fourth-order valence-electron chi connectivity index (χ4n) is 2.69. The topological polar surface area (TPSA) is 64.6 Å². The number of amides is 1. The predicted octanol–water partition coefficient (Wildman–Crippen LogP) is 4.58. The van der Waals surface area contributed by atoms with Gasteiger partial charge in [-0.15, -0.1) is 0 Å². The Morgan fingerprint density at radius 1 is 1.00 bits per heavy atom. The van der Waals surface area contributed by atoms with Crippen LogP contribution in [-0.4, -0.2) is 30.8 Å². The molecule has 0 aliphatic carbocycles. The SMILES string of the molecule is CC(C)OC(=O)CC(NC(=O)c1ccc(COCC(F)(F)F)cc1)c1ccccc1. The molecule has 0 heterocycles. The Morgan fingerprint density at radius 2 is 1.63 bits per heavy atom. The van der Waals surface area contributed by atoms with Crippen molar-refractivity contribution in [3.63, 3.8) is 0 Å². The zero-order valence-electron chi connectivity index (χ0n) is 16.7. The smallest absolute Gasteiger partial charge is 0.411 e. The van der Waals surface area contributed by atoms with Gasteiger partial charge in [0.05, 0.1) is 25.2 Å². The van der Waals surface area contributed by atoms with E-state index < -0.39 is 30.7 Å². The molecule has 0 aliphatic rings. The van der Waals surface area contributed by atoms with Gasteiger partial charge in [0, 0.05) is 5.56 Å². The van der Waals surface area contributed by atoms with E-state index in [9.17, 15) is 22.8 Å². The summed E-state index contributed by atoms with van der Waals surface area (Å²) in [5.41, 5.74) is 1.58. The third kappa shape index (κ3) is 8.24. The Hall–Kier alpha value is -2.87. The molecule has 1 unspecified atom stereocenters. The molecular weight excluding hydrogens is 399 g/mol. The largest absolute Gasteiger partial charge is 0.463 e. The van der Waals surface area contributed by atoms with Gasteiger partial charge >= 0.3 is 12.1 Å². The summed E-state index contributed by atoms with van der Waals surface area (Å²) in [6, 6.07) is 14.5. The highest BCUT2D eigenvalue weighted by molar-refractivity contribution is 5.94. The molecule has 2 aromatic rings. The number of benzene rings is 2. The standard InChI is InChI=1S/C22H24F3NO4/c1-15(2)30-20(27)12-19(17-6-4-3-5-7-17)26-21(28)18-10-8-16(9-11-18)13-29-14-22(23,24)25/h3-11,15,19H,12-14H2,1-2H3,(H,26,28). The molecule has 2 rings (SSSR count). The van der Waals surface area contributed by atoms with Gasteiger partial charge in [0.25, 0.3) is 5.91 Å². The van der Waals surface area contributed by atoms with Gasteiger partial charge in [-0.25, -0.2) is 0 Å². The van der Waals surface area contributed by atoms with E-state index in [2.05, 4.69) is 10.1 Å². The van der Waals surface area contributed by atoms with Crippen LogP contribution >= 0.6 is 0 Å². The Bertz CT molecular complexity index is 821. The van der Waals surface area contributed by atoms with Crippen molar-refractivity contribution in [2.45, 2.75) is 45.2 Å². The lowest BCUT2D eigenvalue weighted by molar-refractivity contribution is -0.176. The Morgan fingerprint density at radius 3 is 2.20 bits per heavy atom. The lowest BCUT2D eigenvalue weighted by Gasteiger charge is -2.19. The molecule has 0 aromatic heterocycles. The summed E-state index contributed by atoms with van der Waals surface area (Å²) in [6.45, 7) is 1.94. The van der Waals surface area contributed by atoms with Crippen LogP contribution in [0.1, 0.15) is 47.8 Å². The van der Waals surface area contributed by atoms with Gasteiger partial charge < -0.3 is 14.8 Å². The first-order chi connectivity index (χ1) is 14.1. The Kier molecular flexibility index (Phi) is 8.41. The lowest BCUT2D eigenvalue weighted by Crippen LogP contribution is -2.31. The van der Waals surface area contributed by atoms with E-state index in [1.807, 2.05) is 6.07 Å². The first kappa shape index (κ1) is 23.4. The van der Waals surface area contributed by atoms with Crippen LogP contribution in [0.5, 0.6) is 0 Å². The molecular formula is C22H24F3NO4. The molecule has 0 aliphatic heterocycles. The van der Waals surface area contributed by atoms with E-state index in [4.69, 9.17) is 4.74 Å². The van der Waals surface area contributed by atoms with Crippen molar-refractivity contribution in [2.75, 3.05) is 6.61 Å². The zero-order chi connectivity index (χ0) is 22.1. The van der Waals surface area contributed by atoms with Crippen molar-refractivity contribution < 1.29 is 32.2 Å². The van der Waals surface area contributed by atoms with Crippen LogP contribution in [0, 0.1) is 0 Å². The van der Waals surface area contributed by atoms with Gasteiger partial charge in [-0.2, -0.15) is 13.2 Å². The van der Waals surface area contributed by atoms with Crippen molar-refractivity contribution in [3.8, 4) is 0 Å². The minimum atomic E-state index is -4.39. The number of carbonyl (C=O) groups is 2. The van der Waals surface area contributed by atoms with Crippen molar-refractivity contribution in [2.24, 2.45) is 0 Å². The number of halogens is 3. The molecule has 0 spiro atoms. The Balaban J connectivity index is 2.03. The van der Waals surface area contributed by atoms with E-state index in [1.54, 1.807) is 38.1 Å². The molecule has 30 heavy (non-hydrogen) atoms. The summed E-state index contributed by atoms with van der Waals surface area (Å²) in [6.07, 6.45) is -4.68. The molecule has 2 aromatic carbocycles.